The Morgan fingerprint density at radius 1 is 1.50 bits per heavy atom. The van der Waals surface area contributed by atoms with Gasteiger partial charge in [-0.15, -0.1) is 0 Å². The molecule has 0 bridgehead atoms. The Labute approximate surface area is 112 Å². The molecule has 0 saturated heterocycles. The van der Waals surface area contributed by atoms with Crippen LogP contribution in [-0.2, 0) is 11.2 Å². The minimum atomic E-state index is -1.88. The van der Waals surface area contributed by atoms with Gasteiger partial charge in [-0.3, -0.25) is 10.1 Å². The number of hydrogen-bond donors (Lipinski definition) is 2. The standard InChI is InChI=1S/C11H12BrNO5/c12-5-1-2-7-3-4-9(13(17)18)8(6-7)10(14)11(15)16/h3-4,6,10,14H,1-2,5H2,(H,15,16). The largest absolute Gasteiger partial charge is 0.479 e. The van der Waals surface area contributed by atoms with E-state index in [-0.39, 0.29) is 11.3 Å². The molecule has 1 rings (SSSR count). The fourth-order valence-corrected chi connectivity index (χ4v) is 1.83. The van der Waals surface area contributed by atoms with Crippen LogP contribution in [0.1, 0.15) is 23.7 Å². The van der Waals surface area contributed by atoms with E-state index in [4.69, 9.17) is 5.11 Å². The van der Waals surface area contributed by atoms with Crippen molar-refractivity contribution in [1.29, 1.82) is 0 Å². The molecular formula is C11H12BrNO5. The lowest BCUT2D eigenvalue weighted by Crippen LogP contribution is -2.13. The second-order valence-corrected chi connectivity index (χ2v) is 4.48. The van der Waals surface area contributed by atoms with Gasteiger partial charge in [-0.25, -0.2) is 4.79 Å². The molecule has 7 heteroatoms. The van der Waals surface area contributed by atoms with Crippen LogP contribution in [0.4, 0.5) is 5.69 Å². The molecule has 2 N–H and O–H groups in total. The molecule has 0 radical (unpaired) electrons. The van der Waals surface area contributed by atoms with E-state index in [0.29, 0.717) is 6.42 Å². The van der Waals surface area contributed by atoms with Crippen LogP contribution in [0.15, 0.2) is 18.2 Å². The van der Waals surface area contributed by atoms with Crippen molar-refractivity contribution < 1.29 is 19.9 Å². The highest BCUT2D eigenvalue weighted by atomic mass is 79.9. The van der Waals surface area contributed by atoms with Gasteiger partial charge in [-0.1, -0.05) is 22.0 Å². The fourth-order valence-electron chi connectivity index (χ4n) is 1.55. The van der Waals surface area contributed by atoms with Gasteiger partial charge in [0.05, 0.1) is 10.5 Å². The Morgan fingerprint density at radius 2 is 2.17 bits per heavy atom. The van der Waals surface area contributed by atoms with Gasteiger partial charge in [0.15, 0.2) is 6.10 Å². The number of nitrogens with zero attached hydrogens (tertiary/aromatic N) is 1. The molecule has 0 spiro atoms. The van der Waals surface area contributed by atoms with E-state index < -0.39 is 17.0 Å². The number of carboxylic acid groups (broad SMARTS) is 1. The highest BCUT2D eigenvalue weighted by molar-refractivity contribution is 9.09. The molecule has 0 aliphatic carbocycles. The van der Waals surface area contributed by atoms with E-state index in [1.807, 2.05) is 0 Å². The first-order chi connectivity index (χ1) is 8.47. The molecule has 0 saturated carbocycles. The molecule has 0 aliphatic rings. The van der Waals surface area contributed by atoms with Crippen molar-refractivity contribution in [3.63, 3.8) is 0 Å². The van der Waals surface area contributed by atoms with Gasteiger partial charge in [0.2, 0.25) is 0 Å². The summed E-state index contributed by atoms with van der Waals surface area (Å²) < 4.78 is 0. The number of hydrogen-bond acceptors (Lipinski definition) is 4. The molecule has 0 aromatic heterocycles. The number of nitro benzene ring substituents is 1. The number of aryl methyl sites for hydroxylation is 1. The Balaban J connectivity index is 3.15. The minimum absolute atomic E-state index is 0.181. The molecule has 0 fully saturated rings. The van der Waals surface area contributed by atoms with E-state index in [1.54, 1.807) is 6.07 Å². The first-order valence-electron chi connectivity index (χ1n) is 5.21. The van der Waals surface area contributed by atoms with Gasteiger partial charge in [0.1, 0.15) is 0 Å². The van der Waals surface area contributed by atoms with Gasteiger partial charge in [0.25, 0.3) is 5.69 Å². The lowest BCUT2D eigenvalue weighted by molar-refractivity contribution is -0.386. The molecule has 0 heterocycles. The average molecular weight is 318 g/mol. The Hall–Kier alpha value is -1.47. The molecular weight excluding hydrogens is 306 g/mol. The van der Waals surface area contributed by atoms with Crippen molar-refractivity contribution in [3.05, 3.63) is 39.4 Å². The monoisotopic (exact) mass is 317 g/mol. The zero-order chi connectivity index (χ0) is 13.7. The van der Waals surface area contributed by atoms with Crippen LogP contribution >= 0.6 is 15.9 Å². The summed E-state index contributed by atoms with van der Waals surface area (Å²) in [5.41, 5.74) is 0.197. The van der Waals surface area contributed by atoms with Gasteiger partial charge < -0.3 is 10.2 Å². The molecule has 1 atom stereocenters. The number of carboxylic acids is 1. The number of rotatable bonds is 6. The van der Waals surface area contributed by atoms with E-state index in [9.17, 15) is 20.0 Å². The predicted octanol–water partition coefficient (Wildman–Crippen LogP) is 2.04. The zero-order valence-corrected chi connectivity index (χ0v) is 11.0. The molecule has 1 aromatic carbocycles. The number of halogens is 1. The Morgan fingerprint density at radius 3 is 2.67 bits per heavy atom. The van der Waals surface area contributed by atoms with Crippen molar-refractivity contribution in [2.24, 2.45) is 0 Å². The highest BCUT2D eigenvalue weighted by Crippen LogP contribution is 2.27. The topological polar surface area (TPSA) is 101 Å². The predicted molar refractivity (Wildman–Crippen MR) is 67.8 cm³/mol. The summed E-state index contributed by atoms with van der Waals surface area (Å²) >= 11 is 3.26. The lowest BCUT2D eigenvalue weighted by Gasteiger charge is -2.09. The third-order valence-electron chi connectivity index (χ3n) is 2.42. The second kappa shape index (κ2) is 6.46. The third kappa shape index (κ3) is 3.51. The van der Waals surface area contributed by atoms with Crippen molar-refractivity contribution in [1.82, 2.24) is 0 Å². The SMILES string of the molecule is O=C(O)C(O)c1cc(CCCBr)ccc1[N+](=O)[O-]. The normalized spacial score (nSPS) is 12.1. The maximum atomic E-state index is 10.8. The summed E-state index contributed by atoms with van der Waals surface area (Å²) in [6.07, 6.45) is -0.405. The van der Waals surface area contributed by atoms with E-state index in [2.05, 4.69) is 15.9 Å². The van der Waals surface area contributed by atoms with Crippen LogP contribution < -0.4 is 0 Å². The maximum Gasteiger partial charge on any atom is 0.337 e. The molecule has 18 heavy (non-hydrogen) atoms. The Kier molecular flexibility index (Phi) is 5.24. The summed E-state index contributed by atoms with van der Waals surface area (Å²) in [5, 5.41) is 29.7. The van der Waals surface area contributed by atoms with Gasteiger partial charge in [-0.05, 0) is 24.5 Å². The molecule has 6 nitrogen and oxygen atoms in total. The number of aliphatic carboxylic acids is 1. The lowest BCUT2D eigenvalue weighted by atomic mass is 10.0. The second-order valence-electron chi connectivity index (χ2n) is 3.68. The van der Waals surface area contributed by atoms with Crippen molar-refractivity contribution in [2.45, 2.75) is 18.9 Å². The van der Waals surface area contributed by atoms with Crippen LogP contribution in [0.5, 0.6) is 0 Å². The first kappa shape index (κ1) is 14.6. The molecule has 1 aromatic rings. The smallest absolute Gasteiger partial charge is 0.337 e. The highest BCUT2D eigenvalue weighted by Gasteiger charge is 2.25. The quantitative estimate of drug-likeness (QED) is 0.475. The van der Waals surface area contributed by atoms with Crippen LogP contribution in [0.25, 0.3) is 0 Å². The molecule has 0 aliphatic heterocycles. The number of alkyl halides is 1. The van der Waals surface area contributed by atoms with Crippen molar-refractivity contribution in [3.8, 4) is 0 Å². The van der Waals surface area contributed by atoms with Crippen LogP contribution in [0.2, 0.25) is 0 Å². The van der Waals surface area contributed by atoms with E-state index >= 15 is 0 Å². The number of aliphatic hydroxyl groups excluding tert-OH is 1. The van der Waals surface area contributed by atoms with Gasteiger partial charge in [-0.2, -0.15) is 0 Å². The summed E-state index contributed by atoms with van der Waals surface area (Å²) in [5.74, 6) is -1.50. The number of benzene rings is 1. The number of aliphatic hydroxyl groups is 1. The molecule has 0 amide bonds. The minimum Gasteiger partial charge on any atom is -0.479 e. The van der Waals surface area contributed by atoms with Crippen molar-refractivity contribution >= 4 is 27.6 Å². The average Bonchev–Trinajstić information content (AvgIpc) is 2.34. The van der Waals surface area contributed by atoms with Crippen LogP contribution in [-0.4, -0.2) is 26.4 Å². The molecule has 1 unspecified atom stereocenters. The fraction of sp³-hybridized carbons (Fsp3) is 0.364. The van der Waals surface area contributed by atoms with Crippen molar-refractivity contribution in [2.75, 3.05) is 5.33 Å². The zero-order valence-electron chi connectivity index (χ0n) is 9.38. The maximum absolute atomic E-state index is 10.8. The molecule has 98 valence electrons. The van der Waals surface area contributed by atoms with E-state index in [0.717, 1.165) is 17.3 Å². The van der Waals surface area contributed by atoms with Gasteiger partial charge >= 0.3 is 5.97 Å². The number of carbonyl (C=O) groups is 1. The first-order valence-corrected chi connectivity index (χ1v) is 6.33. The number of nitro groups is 1. The summed E-state index contributed by atoms with van der Waals surface area (Å²) in [4.78, 5) is 20.8. The Bertz CT molecular complexity index is 463. The third-order valence-corrected chi connectivity index (χ3v) is 2.98. The van der Waals surface area contributed by atoms with Crippen LogP contribution in [0, 0.1) is 10.1 Å². The van der Waals surface area contributed by atoms with Crippen LogP contribution in [0.3, 0.4) is 0 Å². The van der Waals surface area contributed by atoms with Gasteiger partial charge in [0, 0.05) is 11.4 Å². The van der Waals surface area contributed by atoms with E-state index in [1.165, 1.54) is 12.1 Å². The summed E-state index contributed by atoms with van der Waals surface area (Å²) in [6.45, 7) is 0. The summed E-state index contributed by atoms with van der Waals surface area (Å²) in [7, 11) is 0. The summed E-state index contributed by atoms with van der Waals surface area (Å²) in [6, 6.07) is 4.17.